The highest BCUT2D eigenvalue weighted by Gasteiger charge is 2.18. The average molecular weight is 348 g/mol. The third-order valence-electron chi connectivity index (χ3n) is 3.15. The lowest BCUT2D eigenvalue weighted by Crippen LogP contribution is -2.21. The number of aromatic nitrogens is 2. The van der Waals surface area contributed by atoms with E-state index in [4.69, 9.17) is 0 Å². The number of benzene rings is 2. The van der Waals surface area contributed by atoms with E-state index in [0.717, 1.165) is 9.86 Å². The maximum Gasteiger partial charge on any atom is 0.270 e. The Morgan fingerprint density at radius 2 is 1.95 bits per heavy atom. The maximum atomic E-state index is 13.1. The fourth-order valence-electron chi connectivity index (χ4n) is 2.17. The fraction of sp³-hybridized carbons (Fsp3) is 0.0667. The van der Waals surface area contributed by atoms with Gasteiger partial charge in [0.25, 0.3) is 5.91 Å². The Balaban J connectivity index is 2.30. The Labute approximate surface area is 128 Å². The van der Waals surface area contributed by atoms with Crippen LogP contribution in [0.5, 0.6) is 0 Å². The molecule has 0 spiro atoms. The van der Waals surface area contributed by atoms with Gasteiger partial charge >= 0.3 is 0 Å². The molecule has 0 saturated carbocycles. The average Bonchev–Trinajstić information content (AvgIpc) is 2.85. The normalized spacial score (nSPS) is 10.8. The van der Waals surface area contributed by atoms with Crippen LogP contribution >= 0.6 is 15.9 Å². The van der Waals surface area contributed by atoms with E-state index in [2.05, 4.69) is 26.3 Å². The van der Waals surface area contributed by atoms with Crippen LogP contribution in [0.2, 0.25) is 0 Å². The van der Waals surface area contributed by atoms with Crippen LogP contribution in [-0.2, 0) is 0 Å². The highest BCUT2D eigenvalue weighted by atomic mass is 79.9. The SMILES string of the molecule is CNC(=O)c1c2ccc(Br)cc2nn1-c1ccc(F)cc1. The minimum absolute atomic E-state index is 0.246. The molecule has 0 atom stereocenters. The number of carbonyl (C=O) groups is 1. The zero-order valence-corrected chi connectivity index (χ0v) is 12.7. The predicted molar refractivity (Wildman–Crippen MR) is 82.1 cm³/mol. The molecule has 1 N–H and O–H groups in total. The first kappa shape index (κ1) is 13.8. The molecule has 1 aromatic heterocycles. The predicted octanol–water partition coefficient (Wildman–Crippen LogP) is 3.29. The van der Waals surface area contributed by atoms with E-state index in [9.17, 15) is 9.18 Å². The van der Waals surface area contributed by atoms with Gasteiger partial charge in [-0.15, -0.1) is 0 Å². The van der Waals surface area contributed by atoms with Crippen molar-refractivity contribution in [3.05, 3.63) is 58.4 Å². The molecule has 0 aliphatic heterocycles. The van der Waals surface area contributed by atoms with Crippen molar-refractivity contribution in [1.82, 2.24) is 15.1 Å². The van der Waals surface area contributed by atoms with Gasteiger partial charge in [0.15, 0.2) is 0 Å². The monoisotopic (exact) mass is 347 g/mol. The van der Waals surface area contributed by atoms with Gasteiger partial charge in [0, 0.05) is 16.9 Å². The van der Waals surface area contributed by atoms with Crippen LogP contribution in [0.25, 0.3) is 16.6 Å². The quantitative estimate of drug-likeness (QED) is 0.773. The summed E-state index contributed by atoms with van der Waals surface area (Å²) in [6.45, 7) is 0. The molecule has 6 heteroatoms. The molecule has 0 bridgehead atoms. The molecule has 3 aromatic rings. The van der Waals surface area contributed by atoms with Crippen LogP contribution < -0.4 is 5.32 Å². The van der Waals surface area contributed by atoms with Gasteiger partial charge in [0.2, 0.25) is 0 Å². The Morgan fingerprint density at radius 3 is 2.62 bits per heavy atom. The van der Waals surface area contributed by atoms with Gasteiger partial charge in [-0.25, -0.2) is 9.07 Å². The number of nitrogens with one attached hydrogen (secondary N) is 1. The Bertz CT molecular complexity index is 827. The lowest BCUT2D eigenvalue weighted by molar-refractivity contribution is 0.0957. The van der Waals surface area contributed by atoms with Crippen LogP contribution in [0.4, 0.5) is 4.39 Å². The minimum Gasteiger partial charge on any atom is -0.354 e. The van der Waals surface area contributed by atoms with E-state index in [1.165, 1.54) is 16.8 Å². The maximum absolute atomic E-state index is 13.1. The summed E-state index contributed by atoms with van der Waals surface area (Å²) in [5.41, 5.74) is 1.74. The van der Waals surface area contributed by atoms with Gasteiger partial charge in [-0.3, -0.25) is 4.79 Å². The van der Waals surface area contributed by atoms with E-state index in [1.807, 2.05) is 18.2 Å². The Kier molecular flexibility index (Phi) is 3.47. The van der Waals surface area contributed by atoms with Gasteiger partial charge in [-0.2, -0.15) is 5.10 Å². The molecule has 0 aliphatic carbocycles. The molecule has 0 radical (unpaired) electrons. The molecule has 106 valence electrons. The van der Waals surface area contributed by atoms with Crippen LogP contribution in [-0.4, -0.2) is 22.7 Å². The van der Waals surface area contributed by atoms with E-state index >= 15 is 0 Å². The highest BCUT2D eigenvalue weighted by Crippen LogP contribution is 2.25. The first-order chi connectivity index (χ1) is 10.1. The topological polar surface area (TPSA) is 46.9 Å². The second-order valence-electron chi connectivity index (χ2n) is 4.48. The fourth-order valence-corrected chi connectivity index (χ4v) is 2.51. The molecule has 0 aliphatic rings. The van der Waals surface area contributed by atoms with Gasteiger partial charge < -0.3 is 5.32 Å². The molecule has 1 heterocycles. The lowest BCUT2D eigenvalue weighted by atomic mass is 10.2. The summed E-state index contributed by atoms with van der Waals surface area (Å²) in [5.74, 6) is -0.580. The largest absolute Gasteiger partial charge is 0.354 e. The number of rotatable bonds is 2. The van der Waals surface area contributed by atoms with E-state index in [0.29, 0.717) is 16.9 Å². The van der Waals surface area contributed by atoms with Crippen molar-refractivity contribution >= 4 is 32.7 Å². The van der Waals surface area contributed by atoms with Crippen LogP contribution in [0.1, 0.15) is 10.5 Å². The van der Waals surface area contributed by atoms with Gasteiger partial charge in [0.05, 0.1) is 11.2 Å². The molecule has 0 fully saturated rings. The molecule has 1 amide bonds. The van der Waals surface area contributed by atoms with Crippen molar-refractivity contribution in [2.24, 2.45) is 0 Å². The molecule has 0 unspecified atom stereocenters. The first-order valence-corrected chi connectivity index (χ1v) is 7.06. The summed E-state index contributed by atoms with van der Waals surface area (Å²) < 4.78 is 15.5. The summed E-state index contributed by atoms with van der Waals surface area (Å²) in [6, 6.07) is 11.4. The molecule has 4 nitrogen and oxygen atoms in total. The summed E-state index contributed by atoms with van der Waals surface area (Å²) in [6.07, 6.45) is 0. The molecule has 0 saturated heterocycles. The molecule has 2 aromatic carbocycles. The molecule has 21 heavy (non-hydrogen) atoms. The number of hydrogen-bond donors (Lipinski definition) is 1. The van der Waals surface area contributed by atoms with Gasteiger partial charge in [0.1, 0.15) is 11.5 Å². The van der Waals surface area contributed by atoms with Crippen molar-refractivity contribution in [3.8, 4) is 5.69 Å². The zero-order chi connectivity index (χ0) is 15.0. The number of amides is 1. The van der Waals surface area contributed by atoms with Crippen molar-refractivity contribution < 1.29 is 9.18 Å². The van der Waals surface area contributed by atoms with Gasteiger partial charge in [-0.05, 0) is 42.5 Å². The van der Waals surface area contributed by atoms with E-state index < -0.39 is 0 Å². The smallest absolute Gasteiger partial charge is 0.270 e. The van der Waals surface area contributed by atoms with E-state index in [-0.39, 0.29) is 11.7 Å². The number of fused-ring (bicyclic) bond motifs is 1. The van der Waals surface area contributed by atoms with Crippen molar-refractivity contribution in [3.63, 3.8) is 0 Å². The lowest BCUT2D eigenvalue weighted by Gasteiger charge is -2.06. The van der Waals surface area contributed by atoms with E-state index in [1.54, 1.807) is 19.2 Å². The standard InChI is InChI=1S/C15H11BrFN3O/c1-18-15(21)14-12-7-2-9(16)8-13(12)19-20(14)11-5-3-10(17)4-6-11/h2-8H,1H3,(H,18,21). The highest BCUT2D eigenvalue weighted by molar-refractivity contribution is 9.10. The van der Waals surface area contributed by atoms with Crippen molar-refractivity contribution in [2.75, 3.05) is 7.05 Å². The minimum atomic E-state index is -0.334. The molecule has 3 rings (SSSR count). The molecular formula is C15H11BrFN3O. The Hall–Kier alpha value is -2.21. The second kappa shape index (κ2) is 5.29. The summed E-state index contributed by atoms with van der Waals surface area (Å²) in [4.78, 5) is 12.2. The van der Waals surface area contributed by atoms with Gasteiger partial charge in [-0.1, -0.05) is 15.9 Å². The Morgan fingerprint density at radius 1 is 1.24 bits per heavy atom. The number of nitrogens with zero attached hydrogens (tertiary/aromatic N) is 2. The summed E-state index contributed by atoms with van der Waals surface area (Å²) in [5, 5.41) is 7.79. The molecular weight excluding hydrogens is 337 g/mol. The summed E-state index contributed by atoms with van der Waals surface area (Å²) >= 11 is 3.39. The van der Waals surface area contributed by atoms with Crippen LogP contribution in [0.15, 0.2) is 46.9 Å². The third kappa shape index (κ3) is 2.42. The van der Waals surface area contributed by atoms with Crippen LogP contribution in [0.3, 0.4) is 0 Å². The van der Waals surface area contributed by atoms with Crippen molar-refractivity contribution in [1.29, 1.82) is 0 Å². The second-order valence-corrected chi connectivity index (χ2v) is 5.39. The zero-order valence-electron chi connectivity index (χ0n) is 11.1. The van der Waals surface area contributed by atoms with Crippen molar-refractivity contribution in [2.45, 2.75) is 0 Å². The first-order valence-electron chi connectivity index (χ1n) is 6.26. The number of halogens is 2. The third-order valence-corrected chi connectivity index (χ3v) is 3.64. The summed E-state index contributed by atoms with van der Waals surface area (Å²) in [7, 11) is 1.56. The van der Waals surface area contributed by atoms with Crippen LogP contribution in [0, 0.1) is 5.82 Å². The number of hydrogen-bond acceptors (Lipinski definition) is 2. The number of carbonyl (C=O) groups excluding carboxylic acids is 1.